The summed E-state index contributed by atoms with van der Waals surface area (Å²) in [5, 5.41) is 0.694. The molecule has 0 aliphatic rings. The number of hydrogen-bond donors (Lipinski definition) is 2. The Bertz CT molecular complexity index is 800. The fourth-order valence-electron chi connectivity index (χ4n) is 2.42. The van der Waals surface area contributed by atoms with Gasteiger partial charge in [0, 0.05) is 33.9 Å². The molecular formula is C16H13FN2O. The zero-order chi connectivity index (χ0) is 14.3. The number of aromatic nitrogens is 1. The topological polar surface area (TPSA) is 58.9 Å². The molecular weight excluding hydrogens is 255 g/mol. The summed E-state index contributed by atoms with van der Waals surface area (Å²) < 4.78 is 13.2. The molecule has 0 atom stereocenters. The Morgan fingerprint density at radius 1 is 1.25 bits per heavy atom. The predicted octanol–water partition coefficient (Wildman–Crippen LogP) is 3.43. The van der Waals surface area contributed by atoms with Gasteiger partial charge in [0.25, 0.3) is 0 Å². The van der Waals surface area contributed by atoms with E-state index in [0.29, 0.717) is 27.7 Å². The molecule has 3 nitrogen and oxygen atoms in total. The van der Waals surface area contributed by atoms with Crippen molar-refractivity contribution in [3.8, 4) is 0 Å². The van der Waals surface area contributed by atoms with Crippen LogP contribution in [0.25, 0.3) is 10.9 Å². The van der Waals surface area contributed by atoms with E-state index in [0.717, 1.165) is 5.56 Å². The zero-order valence-corrected chi connectivity index (χ0v) is 10.9. The standard InChI is InChI=1S/C16H13FN2O/c1-9-3-2-4-13(18)15(9)16(20)12-8-19-14-7-10(17)5-6-11(12)14/h2-8,19H,18H2,1H3. The summed E-state index contributed by atoms with van der Waals surface area (Å²) in [4.78, 5) is 15.6. The lowest BCUT2D eigenvalue weighted by molar-refractivity contribution is 0.104. The highest BCUT2D eigenvalue weighted by atomic mass is 19.1. The van der Waals surface area contributed by atoms with E-state index in [1.165, 1.54) is 12.1 Å². The number of fused-ring (bicyclic) bond motifs is 1. The number of carbonyl (C=O) groups is 1. The molecule has 0 unspecified atom stereocenters. The van der Waals surface area contributed by atoms with Gasteiger partial charge < -0.3 is 10.7 Å². The Balaban J connectivity index is 2.18. The number of ketones is 1. The van der Waals surface area contributed by atoms with Crippen LogP contribution >= 0.6 is 0 Å². The van der Waals surface area contributed by atoms with Crippen LogP contribution in [0, 0.1) is 12.7 Å². The van der Waals surface area contributed by atoms with Gasteiger partial charge in [0.05, 0.1) is 0 Å². The van der Waals surface area contributed by atoms with Crippen LogP contribution < -0.4 is 5.73 Å². The van der Waals surface area contributed by atoms with Crippen LogP contribution in [0.15, 0.2) is 42.6 Å². The van der Waals surface area contributed by atoms with Crippen molar-refractivity contribution >= 4 is 22.4 Å². The first-order valence-corrected chi connectivity index (χ1v) is 6.24. The number of carbonyl (C=O) groups excluding carboxylic acids is 1. The largest absolute Gasteiger partial charge is 0.398 e. The number of benzene rings is 2. The Kier molecular flexibility index (Phi) is 2.79. The van der Waals surface area contributed by atoms with E-state index in [1.54, 1.807) is 18.3 Å². The summed E-state index contributed by atoms with van der Waals surface area (Å²) in [6.07, 6.45) is 1.60. The van der Waals surface area contributed by atoms with Gasteiger partial charge in [-0.3, -0.25) is 4.79 Å². The van der Waals surface area contributed by atoms with Crippen molar-refractivity contribution in [2.75, 3.05) is 5.73 Å². The smallest absolute Gasteiger partial charge is 0.197 e. The second-order valence-corrected chi connectivity index (χ2v) is 4.76. The third-order valence-corrected chi connectivity index (χ3v) is 3.42. The summed E-state index contributed by atoms with van der Waals surface area (Å²) in [6, 6.07) is 9.67. The maximum absolute atomic E-state index is 13.2. The number of rotatable bonds is 2. The number of nitrogen functional groups attached to an aromatic ring is 1. The fraction of sp³-hybridized carbons (Fsp3) is 0.0625. The van der Waals surface area contributed by atoms with Crippen LogP contribution in [0.1, 0.15) is 21.5 Å². The summed E-state index contributed by atoms with van der Waals surface area (Å²) in [6.45, 7) is 1.85. The molecule has 0 amide bonds. The molecule has 0 aliphatic carbocycles. The second-order valence-electron chi connectivity index (χ2n) is 4.76. The number of hydrogen-bond acceptors (Lipinski definition) is 2. The lowest BCUT2D eigenvalue weighted by atomic mass is 9.97. The van der Waals surface area contributed by atoms with Gasteiger partial charge in [0.2, 0.25) is 0 Å². The van der Waals surface area contributed by atoms with E-state index >= 15 is 0 Å². The summed E-state index contributed by atoms with van der Waals surface area (Å²) >= 11 is 0. The van der Waals surface area contributed by atoms with Gasteiger partial charge in [-0.1, -0.05) is 12.1 Å². The number of aromatic amines is 1. The number of aryl methyl sites for hydroxylation is 1. The molecule has 20 heavy (non-hydrogen) atoms. The van der Waals surface area contributed by atoms with Crippen molar-refractivity contribution in [2.45, 2.75) is 6.92 Å². The number of halogens is 1. The van der Waals surface area contributed by atoms with Gasteiger partial charge in [-0.05, 0) is 36.8 Å². The lowest BCUT2D eigenvalue weighted by Crippen LogP contribution is -2.07. The third kappa shape index (κ3) is 1.86. The van der Waals surface area contributed by atoms with Gasteiger partial charge >= 0.3 is 0 Å². The molecule has 1 aromatic heterocycles. The minimum Gasteiger partial charge on any atom is -0.398 e. The molecule has 0 radical (unpaired) electrons. The van der Waals surface area contributed by atoms with E-state index in [1.807, 2.05) is 19.1 Å². The molecule has 0 spiro atoms. The quantitative estimate of drug-likeness (QED) is 0.552. The van der Waals surface area contributed by atoms with Crippen molar-refractivity contribution in [3.05, 3.63) is 65.1 Å². The predicted molar refractivity (Wildman–Crippen MR) is 77.3 cm³/mol. The van der Waals surface area contributed by atoms with Crippen molar-refractivity contribution in [1.29, 1.82) is 0 Å². The number of nitrogens with one attached hydrogen (secondary N) is 1. The van der Waals surface area contributed by atoms with Crippen LogP contribution in [0.2, 0.25) is 0 Å². The normalized spacial score (nSPS) is 10.9. The first kappa shape index (κ1) is 12.4. The first-order valence-electron chi connectivity index (χ1n) is 6.24. The minimum atomic E-state index is -0.339. The maximum Gasteiger partial charge on any atom is 0.197 e. The van der Waals surface area contributed by atoms with Gasteiger partial charge in [-0.15, -0.1) is 0 Å². The van der Waals surface area contributed by atoms with Crippen molar-refractivity contribution in [1.82, 2.24) is 4.98 Å². The third-order valence-electron chi connectivity index (χ3n) is 3.42. The molecule has 100 valence electrons. The highest BCUT2D eigenvalue weighted by Crippen LogP contribution is 2.25. The van der Waals surface area contributed by atoms with Crippen molar-refractivity contribution < 1.29 is 9.18 Å². The summed E-state index contributed by atoms with van der Waals surface area (Å²) in [5.74, 6) is -0.493. The Hall–Kier alpha value is -2.62. The lowest BCUT2D eigenvalue weighted by Gasteiger charge is -2.07. The number of anilines is 1. The highest BCUT2D eigenvalue weighted by Gasteiger charge is 2.18. The average Bonchev–Trinajstić information content (AvgIpc) is 2.81. The molecule has 0 saturated carbocycles. The van der Waals surface area contributed by atoms with Gasteiger partial charge in [0.1, 0.15) is 5.82 Å². The van der Waals surface area contributed by atoms with Crippen LogP contribution in [0.5, 0.6) is 0 Å². The summed E-state index contributed by atoms with van der Waals surface area (Å²) in [5.41, 5.74) is 8.78. The van der Waals surface area contributed by atoms with Gasteiger partial charge in [0.15, 0.2) is 5.78 Å². The Morgan fingerprint density at radius 2 is 2.05 bits per heavy atom. The van der Waals surface area contributed by atoms with Crippen LogP contribution in [0.4, 0.5) is 10.1 Å². The summed E-state index contributed by atoms with van der Waals surface area (Å²) in [7, 11) is 0. The average molecular weight is 268 g/mol. The maximum atomic E-state index is 13.2. The molecule has 3 N–H and O–H groups in total. The Labute approximate surface area is 115 Å². The van der Waals surface area contributed by atoms with E-state index in [4.69, 9.17) is 5.73 Å². The van der Waals surface area contributed by atoms with E-state index < -0.39 is 0 Å². The van der Waals surface area contributed by atoms with Gasteiger partial charge in [-0.2, -0.15) is 0 Å². The molecule has 1 heterocycles. The van der Waals surface area contributed by atoms with E-state index in [2.05, 4.69) is 4.98 Å². The zero-order valence-electron chi connectivity index (χ0n) is 10.9. The Morgan fingerprint density at radius 3 is 2.80 bits per heavy atom. The first-order chi connectivity index (χ1) is 9.58. The molecule has 0 bridgehead atoms. The van der Waals surface area contributed by atoms with Gasteiger partial charge in [-0.25, -0.2) is 4.39 Å². The molecule has 3 aromatic rings. The number of nitrogens with two attached hydrogens (primary N) is 1. The van der Waals surface area contributed by atoms with E-state index in [-0.39, 0.29) is 11.6 Å². The van der Waals surface area contributed by atoms with Crippen LogP contribution in [-0.2, 0) is 0 Å². The SMILES string of the molecule is Cc1cccc(N)c1C(=O)c1c[nH]c2cc(F)ccc12. The van der Waals surface area contributed by atoms with E-state index in [9.17, 15) is 9.18 Å². The molecule has 0 aliphatic heterocycles. The molecule has 0 fully saturated rings. The highest BCUT2D eigenvalue weighted by molar-refractivity contribution is 6.19. The number of H-pyrrole nitrogens is 1. The molecule has 4 heteroatoms. The van der Waals surface area contributed by atoms with Crippen LogP contribution in [-0.4, -0.2) is 10.8 Å². The molecule has 2 aromatic carbocycles. The second kappa shape index (κ2) is 4.49. The molecule has 0 saturated heterocycles. The monoisotopic (exact) mass is 268 g/mol. The van der Waals surface area contributed by atoms with Crippen LogP contribution in [0.3, 0.4) is 0 Å². The minimum absolute atomic E-state index is 0.154. The van der Waals surface area contributed by atoms with Crippen molar-refractivity contribution in [2.24, 2.45) is 0 Å². The fourth-order valence-corrected chi connectivity index (χ4v) is 2.42. The molecule has 3 rings (SSSR count). The van der Waals surface area contributed by atoms with Crippen molar-refractivity contribution in [3.63, 3.8) is 0 Å².